The van der Waals surface area contributed by atoms with Crippen molar-refractivity contribution in [3.05, 3.63) is 90.0 Å². The first kappa shape index (κ1) is 22.6. The molecule has 0 aliphatic carbocycles. The molecular weight excluding hydrogens is 410 g/mol. The normalized spacial score (nSPS) is 11.4. The summed E-state index contributed by atoms with van der Waals surface area (Å²) in [6.45, 7) is 5.68. The first-order valence-corrected chi connectivity index (χ1v) is 11.7. The lowest BCUT2D eigenvalue weighted by atomic mass is 10.0. The van der Waals surface area contributed by atoms with Crippen molar-refractivity contribution in [2.75, 3.05) is 10.9 Å². The van der Waals surface area contributed by atoms with E-state index in [0.717, 1.165) is 21.9 Å². The van der Waals surface area contributed by atoms with E-state index in [0.29, 0.717) is 5.75 Å². The minimum absolute atomic E-state index is 0.0468. The number of aryl methyl sites for hydroxylation is 1. The summed E-state index contributed by atoms with van der Waals surface area (Å²) < 4.78 is 33.3. The molecule has 0 N–H and O–H groups in total. The van der Waals surface area contributed by atoms with Crippen molar-refractivity contribution in [2.45, 2.75) is 38.0 Å². The fraction of sp³-hybridized carbons (Fsp3) is 0.240. The topological polar surface area (TPSA) is 63.7 Å². The van der Waals surface area contributed by atoms with Gasteiger partial charge in [-0.1, -0.05) is 69.3 Å². The van der Waals surface area contributed by atoms with E-state index in [1.54, 1.807) is 36.4 Å². The molecule has 162 valence electrons. The summed E-state index contributed by atoms with van der Waals surface area (Å²) in [5.41, 5.74) is 2.29. The maximum absolute atomic E-state index is 13.4. The molecule has 0 saturated carbocycles. The summed E-state index contributed by atoms with van der Waals surface area (Å²) in [5.74, 6) is 0.118. The van der Waals surface area contributed by atoms with Crippen LogP contribution in [0.15, 0.2) is 83.8 Å². The van der Waals surface area contributed by atoms with Gasteiger partial charge in [0, 0.05) is 0 Å². The zero-order chi connectivity index (χ0) is 22.4. The Morgan fingerprint density at radius 2 is 1.52 bits per heavy atom. The van der Waals surface area contributed by atoms with E-state index in [2.05, 4.69) is 0 Å². The molecule has 0 spiro atoms. The summed E-state index contributed by atoms with van der Waals surface area (Å²) in [7, 11) is -4.10. The Labute approximate surface area is 184 Å². The van der Waals surface area contributed by atoms with E-state index in [9.17, 15) is 13.2 Å². The van der Waals surface area contributed by atoms with Crippen LogP contribution in [0.1, 0.15) is 37.8 Å². The molecule has 0 aliphatic heterocycles. The van der Waals surface area contributed by atoms with Crippen molar-refractivity contribution in [2.24, 2.45) is 0 Å². The highest BCUT2D eigenvalue weighted by Crippen LogP contribution is 2.28. The quantitative estimate of drug-likeness (QED) is 0.487. The summed E-state index contributed by atoms with van der Waals surface area (Å²) >= 11 is 0. The highest BCUT2D eigenvalue weighted by molar-refractivity contribution is 7.93. The van der Waals surface area contributed by atoms with Crippen LogP contribution in [0.4, 0.5) is 5.69 Å². The van der Waals surface area contributed by atoms with Crippen molar-refractivity contribution >= 4 is 21.6 Å². The molecule has 0 bridgehead atoms. The number of benzene rings is 3. The van der Waals surface area contributed by atoms with Gasteiger partial charge in [0.05, 0.1) is 10.6 Å². The Morgan fingerprint density at radius 3 is 2.13 bits per heavy atom. The zero-order valence-corrected chi connectivity index (χ0v) is 18.8. The standard InChI is InChI=1S/C25H27NO4S/c1-4-20-14-16-21(17-15-20)26(31(28,29)22-10-6-5-7-11-22)25(27)18-30-24-13-9-8-12-23(24)19(2)3/h5-17,19H,4,18H2,1-3H3. The van der Waals surface area contributed by atoms with Gasteiger partial charge in [-0.05, 0) is 53.8 Å². The van der Waals surface area contributed by atoms with Crippen LogP contribution in [-0.4, -0.2) is 20.9 Å². The Hall–Kier alpha value is -3.12. The van der Waals surface area contributed by atoms with Crippen LogP contribution in [0.25, 0.3) is 0 Å². The molecule has 0 aliphatic rings. The van der Waals surface area contributed by atoms with Crippen molar-refractivity contribution in [1.82, 2.24) is 0 Å². The predicted molar refractivity (Wildman–Crippen MR) is 123 cm³/mol. The molecule has 0 saturated heterocycles. The number of para-hydroxylation sites is 1. The lowest BCUT2D eigenvalue weighted by Gasteiger charge is -2.23. The summed E-state index contributed by atoms with van der Waals surface area (Å²) in [6.07, 6.45) is 0.814. The minimum Gasteiger partial charge on any atom is -0.483 e. The molecule has 0 unspecified atom stereocenters. The van der Waals surface area contributed by atoms with Gasteiger partial charge >= 0.3 is 0 Å². The molecule has 31 heavy (non-hydrogen) atoms. The van der Waals surface area contributed by atoms with Crippen LogP contribution in [-0.2, 0) is 21.2 Å². The van der Waals surface area contributed by atoms with Crippen molar-refractivity contribution in [1.29, 1.82) is 0 Å². The van der Waals surface area contributed by atoms with Crippen molar-refractivity contribution in [3.63, 3.8) is 0 Å². The molecule has 3 aromatic rings. The first-order chi connectivity index (χ1) is 14.8. The fourth-order valence-corrected chi connectivity index (χ4v) is 4.70. The highest BCUT2D eigenvalue weighted by atomic mass is 32.2. The van der Waals surface area contributed by atoms with E-state index in [1.165, 1.54) is 12.1 Å². The molecule has 0 atom stereocenters. The van der Waals surface area contributed by atoms with E-state index in [1.807, 2.05) is 51.1 Å². The first-order valence-electron chi connectivity index (χ1n) is 10.3. The molecule has 0 aromatic heterocycles. The highest BCUT2D eigenvalue weighted by Gasteiger charge is 2.31. The number of amides is 1. The molecule has 6 heteroatoms. The maximum Gasteiger partial charge on any atom is 0.278 e. The van der Waals surface area contributed by atoms with Crippen LogP contribution in [0.2, 0.25) is 0 Å². The van der Waals surface area contributed by atoms with E-state index in [4.69, 9.17) is 4.74 Å². The average Bonchev–Trinajstić information content (AvgIpc) is 2.79. The number of rotatable bonds is 8. The number of sulfonamides is 1. The molecular formula is C25H27NO4S. The fourth-order valence-electron chi connectivity index (χ4n) is 3.27. The second kappa shape index (κ2) is 9.79. The minimum atomic E-state index is -4.10. The van der Waals surface area contributed by atoms with Crippen LogP contribution in [0.3, 0.4) is 0 Å². The predicted octanol–water partition coefficient (Wildman–Crippen LogP) is 5.17. The second-order valence-electron chi connectivity index (χ2n) is 7.48. The Balaban J connectivity index is 1.95. The van der Waals surface area contributed by atoms with Gasteiger partial charge in [0.25, 0.3) is 15.9 Å². The smallest absolute Gasteiger partial charge is 0.278 e. The average molecular weight is 438 g/mol. The number of hydrogen-bond donors (Lipinski definition) is 0. The lowest BCUT2D eigenvalue weighted by molar-refractivity contribution is -0.119. The summed E-state index contributed by atoms with van der Waals surface area (Å²) in [4.78, 5) is 13.2. The summed E-state index contributed by atoms with van der Waals surface area (Å²) in [6, 6.07) is 22.4. The number of hydrogen-bond acceptors (Lipinski definition) is 4. The third kappa shape index (κ3) is 5.14. The molecule has 3 rings (SSSR count). The van der Waals surface area contributed by atoms with Gasteiger partial charge in [-0.15, -0.1) is 0 Å². The number of ether oxygens (including phenoxy) is 1. The van der Waals surface area contributed by atoms with Gasteiger partial charge in [0.1, 0.15) is 5.75 Å². The monoisotopic (exact) mass is 437 g/mol. The molecule has 0 heterocycles. The van der Waals surface area contributed by atoms with Gasteiger partial charge in [0.15, 0.2) is 6.61 Å². The van der Waals surface area contributed by atoms with E-state index in [-0.39, 0.29) is 16.5 Å². The molecule has 3 aromatic carbocycles. The van der Waals surface area contributed by atoms with Gasteiger partial charge in [-0.3, -0.25) is 4.79 Å². The Bertz CT molecular complexity index is 1120. The zero-order valence-electron chi connectivity index (χ0n) is 18.0. The van der Waals surface area contributed by atoms with Gasteiger partial charge in [0.2, 0.25) is 0 Å². The van der Waals surface area contributed by atoms with Crippen LogP contribution in [0, 0.1) is 0 Å². The number of carbonyl (C=O) groups is 1. The van der Waals surface area contributed by atoms with Crippen LogP contribution >= 0.6 is 0 Å². The van der Waals surface area contributed by atoms with Crippen molar-refractivity contribution in [3.8, 4) is 5.75 Å². The van der Waals surface area contributed by atoms with E-state index < -0.39 is 22.5 Å². The maximum atomic E-state index is 13.4. The molecule has 0 fully saturated rings. The largest absolute Gasteiger partial charge is 0.483 e. The molecule has 0 radical (unpaired) electrons. The second-order valence-corrected chi connectivity index (χ2v) is 9.26. The molecule has 1 amide bonds. The number of nitrogens with zero attached hydrogens (tertiary/aromatic N) is 1. The Kier molecular flexibility index (Phi) is 7.13. The van der Waals surface area contributed by atoms with Crippen molar-refractivity contribution < 1.29 is 17.9 Å². The number of anilines is 1. The number of carbonyl (C=O) groups excluding carboxylic acids is 1. The Morgan fingerprint density at radius 1 is 0.903 bits per heavy atom. The van der Waals surface area contributed by atoms with E-state index >= 15 is 0 Å². The lowest BCUT2D eigenvalue weighted by Crippen LogP contribution is -2.40. The van der Waals surface area contributed by atoms with Gasteiger partial charge in [-0.25, -0.2) is 8.42 Å². The van der Waals surface area contributed by atoms with Crippen LogP contribution < -0.4 is 9.04 Å². The van der Waals surface area contributed by atoms with Gasteiger partial charge < -0.3 is 4.74 Å². The SMILES string of the molecule is CCc1ccc(N(C(=O)COc2ccccc2C(C)C)S(=O)(=O)c2ccccc2)cc1. The van der Waals surface area contributed by atoms with Crippen LogP contribution in [0.5, 0.6) is 5.75 Å². The third-order valence-corrected chi connectivity index (χ3v) is 6.74. The third-order valence-electron chi connectivity index (χ3n) is 4.98. The summed E-state index contributed by atoms with van der Waals surface area (Å²) in [5, 5.41) is 0. The van der Waals surface area contributed by atoms with Gasteiger partial charge in [-0.2, -0.15) is 4.31 Å². The molecule has 5 nitrogen and oxygen atoms in total.